The lowest BCUT2D eigenvalue weighted by Crippen LogP contribution is -2.03. The zero-order valence-corrected chi connectivity index (χ0v) is 10.3. The number of nitrogens with zero attached hydrogens (tertiary/aromatic N) is 2. The van der Waals surface area contributed by atoms with E-state index in [1.54, 1.807) is 19.1 Å². The number of hydrogen-bond donors (Lipinski definition) is 0. The second-order valence-corrected chi connectivity index (χ2v) is 4.16. The molecule has 98 valence electrons. The molecule has 0 aliphatic heterocycles. The average Bonchev–Trinajstić information content (AvgIpc) is 2.44. The summed E-state index contributed by atoms with van der Waals surface area (Å²) < 4.78 is 41.8. The van der Waals surface area contributed by atoms with Crippen molar-refractivity contribution in [1.82, 2.24) is 0 Å². The number of aryl methyl sites for hydroxylation is 1. The fourth-order valence-corrected chi connectivity index (χ4v) is 1.84. The first-order chi connectivity index (χ1) is 9.51. The van der Waals surface area contributed by atoms with Gasteiger partial charge in [-0.3, -0.25) is 0 Å². The fraction of sp³-hybridized carbons (Fsp3) is 0.0667. The molecular weight excluding hydrogens is 265 g/mol. The van der Waals surface area contributed by atoms with Crippen molar-refractivity contribution in [2.24, 2.45) is 0 Å². The Hall–Kier alpha value is -2.79. The summed E-state index contributed by atoms with van der Waals surface area (Å²) in [6.07, 6.45) is 0. The molecule has 0 N–H and O–H groups in total. The monoisotopic (exact) mass is 272 g/mol. The van der Waals surface area contributed by atoms with E-state index in [1.165, 1.54) is 24.3 Å². The van der Waals surface area contributed by atoms with Crippen LogP contribution < -0.4 is 0 Å². The highest BCUT2D eigenvalue weighted by atomic mass is 19.2. The van der Waals surface area contributed by atoms with Gasteiger partial charge in [-0.05, 0) is 12.5 Å². The highest BCUT2D eigenvalue weighted by Gasteiger charge is 2.25. The Bertz CT molecular complexity index is 766. The highest BCUT2D eigenvalue weighted by Crippen LogP contribution is 2.32. The van der Waals surface area contributed by atoms with Gasteiger partial charge < -0.3 is 0 Å². The minimum absolute atomic E-state index is 0.102. The summed E-state index contributed by atoms with van der Waals surface area (Å²) in [4.78, 5) is 0. The maximum Gasteiger partial charge on any atom is 0.178 e. The van der Waals surface area contributed by atoms with Gasteiger partial charge in [-0.25, -0.2) is 13.2 Å². The molecule has 20 heavy (non-hydrogen) atoms. The molecule has 0 heterocycles. The largest absolute Gasteiger partial charge is 0.205 e. The Labute approximate surface area is 113 Å². The first kappa shape index (κ1) is 13.6. The molecule has 0 unspecified atom stereocenters. The number of nitriles is 2. The molecule has 0 aliphatic carbocycles. The summed E-state index contributed by atoms with van der Waals surface area (Å²) in [5.41, 5.74) is -1.38. The van der Waals surface area contributed by atoms with Crippen LogP contribution in [-0.2, 0) is 0 Å². The third kappa shape index (κ3) is 2.00. The van der Waals surface area contributed by atoms with E-state index in [0.717, 1.165) is 5.56 Å². The van der Waals surface area contributed by atoms with E-state index < -0.39 is 34.1 Å². The Kier molecular flexibility index (Phi) is 3.45. The van der Waals surface area contributed by atoms with E-state index in [-0.39, 0.29) is 5.56 Å². The van der Waals surface area contributed by atoms with E-state index in [4.69, 9.17) is 10.5 Å². The van der Waals surface area contributed by atoms with Crippen LogP contribution >= 0.6 is 0 Å². The molecule has 0 fully saturated rings. The van der Waals surface area contributed by atoms with Gasteiger partial charge in [0, 0.05) is 0 Å². The van der Waals surface area contributed by atoms with Crippen molar-refractivity contribution < 1.29 is 13.2 Å². The molecule has 0 spiro atoms. The first-order valence-electron chi connectivity index (χ1n) is 5.59. The van der Waals surface area contributed by atoms with Crippen molar-refractivity contribution in [3.05, 3.63) is 58.4 Å². The van der Waals surface area contributed by atoms with Crippen LogP contribution in [0.4, 0.5) is 13.2 Å². The Morgan fingerprint density at radius 2 is 1.30 bits per heavy atom. The van der Waals surface area contributed by atoms with Crippen LogP contribution in [0.3, 0.4) is 0 Å². The van der Waals surface area contributed by atoms with Crippen molar-refractivity contribution in [3.8, 4) is 23.3 Å². The minimum Gasteiger partial charge on any atom is -0.205 e. The number of halogens is 3. The van der Waals surface area contributed by atoms with Crippen molar-refractivity contribution in [3.63, 3.8) is 0 Å². The lowest BCUT2D eigenvalue weighted by Gasteiger charge is -2.09. The molecule has 0 amide bonds. The van der Waals surface area contributed by atoms with Crippen LogP contribution in [0.2, 0.25) is 0 Å². The topological polar surface area (TPSA) is 47.6 Å². The summed E-state index contributed by atoms with van der Waals surface area (Å²) in [5, 5.41) is 17.5. The molecule has 2 aromatic rings. The molecule has 0 aromatic heterocycles. The van der Waals surface area contributed by atoms with Gasteiger partial charge in [0.2, 0.25) is 0 Å². The normalized spacial score (nSPS) is 9.90. The van der Waals surface area contributed by atoms with Gasteiger partial charge in [0.15, 0.2) is 17.5 Å². The molecule has 0 saturated carbocycles. The van der Waals surface area contributed by atoms with Crippen molar-refractivity contribution in [1.29, 1.82) is 10.5 Å². The van der Waals surface area contributed by atoms with Crippen LogP contribution in [0.15, 0.2) is 24.3 Å². The smallest absolute Gasteiger partial charge is 0.178 e. The van der Waals surface area contributed by atoms with Crippen LogP contribution in [-0.4, -0.2) is 0 Å². The quantitative estimate of drug-likeness (QED) is 0.741. The zero-order chi connectivity index (χ0) is 14.9. The van der Waals surface area contributed by atoms with Crippen molar-refractivity contribution >= 4 is 0 Å². The second kappa shape index (κ2) is 5.07. The second-order valence-electron chi connectivity index (χ2n) is 4.16. The summed E-state index contributed by atoms with van der Waals surface area (Å²) in [6.45, 7) is 1.79. The average molecular weight is 272 g/mol. The molecule has 2 nitrogen and oxygen atoms in total. The first-order valence-corrected chi connectivity index (χ1v) is 5.59. The van der Waals surface area contributed by atoms with Gasteiger partial charge in [0.25, 0.3) is 0 Å². The number of rotatable bonds is 1. The molecule has 0 saturated heterocycles. The SMILES string of the molecule is Cc1ccc(-c2c(F)c(F)c(C#N)c(C#N)c2F)cc1. The maximum atomic E-state index is 14.2. The molecule has 0 aliphatic rings. The van der Waals surface area contributed by atoms with Crippen LogP contribution in [0.5, 0.6) is 0 Å². The van der Waals surface area contributed by atoms with Crippen LogP contribution in [0.25, 0.3) is 11.1 Å². The molecule has 5 heteroatoms. The van der Waals surface area contributed by atoms with Crippen molar-refractivity contribution in [2.75, 3.05) is 0 Å². The predicted molar refractivity (Wildman–Crippen MR) is 65.9 cm³/mol. The lowest BCUT2D eigenvalue weighted by molar-refractivity contribution is 0.495. The summed E-state index contributed by atoms with van der Waals surface area (Å²) in [6, 6.07) is 8.76. The Balaban J connectivity index is 2.85. The Morgan fingerprint density at radius 3 is 1.80 bits per heavy atom. The van der Waals surface area contributed by atoms with Gasteiger partial charge in [0.05, 0.1) is 5.56 Å². The molecule has 0 radical (unpaired) electrons. The molecule has 2 aromatic carbocycles. The summed E-state index contributed by atoms with van der Waals surface area (Å²) in [5.74, 6) is -4.21. The van der Waals surface area contributed by atoms with E-state index in [1.807, 2.05) is 0 Å². The van der Waals surface area contributed by atoms with Gasteiger partial charge >= 0.3 is 0 Å². The van der Waals surface area contributed by atoms with Gasteiger partial charge in [-0.1, -0.05) is 29.8 Å². The molecule has 2 rings (SSSR count). The number of benzene rings is 2. The third-order valence-electron chi connectivity index (χ3n) is 2.88. The van der Waals surface area contributed by atoms with Crippen molar-refractivity contribution in [2.45, 2.75) is 6.92 Å². The summed E-state index contributed by atoms with van der Waals surface area (Å²) in [7, 11) is 0. The minimum atomic E-state index is -1.51. The maximum absolute atomic E-state index is 14.2. The highest BCUT2D eigenvalue weighted by molar-refractivity contribution is 5.69. The molecular formula is C15H7F3N2. The van der Waals surface area contributed by atoms with E-state index in [9.17, 15) is 13.2 Å². The zero-order valence-electron chi connectivity index (χ0n) is 10.3. The van der Waals surface area contributed by atoms with E-state index >= 15 is 0 Å². The number of hydrogen-bond acceptors (Lipinski definition) is 2. The standard InChI is InChI=1S/C15H7F3N2/c1-8-2-4-9(5-3-8)12-13(16)10(6-19)11(7-20)14(17)15(12)18/h2-5H,1H3. The van der Waals surface area contributed by atoms with Gasteiger partial charge in [-0.2, -0.15) is 10.5 Å². The predicted octanol–water partition coefficient (Wildman–Crippen LogP) is 3.82. The van der Waals surface area contributed by atoms with E-state index in [2.05, 4.69) is 0 Å². The van der Waals surface area contributed by atoms with Gasteiger partial charge in [0.1, 0.15) is 23.3 Å². The lowest BCUT2D eigenvalue weighted by atomic mass is 9.97. The van der Waals surface area contributed by atoms with Gasteiger partial charge in [-0.15, -0.1) is 0 Å². The van der Waals surface area contributed by atoms with Crippen LogP contribution in [0.1, 0.15) is 16.7 Å². The molecule has 0 bridgehead atoms. The Morgan fingerprint density at radius 1 is 0.800 bits per heavy atom. The van der Waals surface area contributed by atoms with Crippen LogP contribution in [0, 0.1) is 47.0 Å². The summed E-state index contributed by atoms with van der Waals surface area (Å²) >= 11 is 0. The van der Waals surface area contributed by atoms with E-state index in [0.29, 0.717) is 0 Å². The molecule has 0 atom stereocenters. The fourth-order valence-electron chi connectivity index (χ4n) is 1.84. The third-order valence-corrected chi connectivity index (χ3v) is 2.88.